The highest BCUT2D eigenvalue weighted by Gasteiger charge is 2.21. The van der Waals surface area contributed by atoms with Gasteiger partial charge >= 0.3 is 5.97 Å². The van der Waals surface area contributed by atoms with Gasteiger partial charge in [0.1, 0.15) is 17.1 Å². The summed E-state index contributed by atoms with van der Waals surface area (Å²) in [5.41, 5.74) is 1.59. The van der Waals surface area contributed by atoms with Gasteiger partial charge in [0.15, 0.2) is 6.10 Å². The number of ether oxygens (including phenoxy) is 2. The fourth-order valence-corrected chi connectivity index (χ4v) is 2.06. The molecule has 0 saturated carbocycles. The molecule has 0 saturated heterocycles. The van der Waals surface area contributed by atoms with Crippen LogP contribution in [0.25, 0.3) is 0 Å². The number of phenols is 1. The first-order chi connectivity index (χ1) is 11.4. The fourth-order valence-electron chi connectivity index (χ4n) is 2.06. The highest BCUT2D eigenvalue weighted by atomic mass is 16.5. The lowest BCUT2D eigenvalue weighted by atomic mass is 10.2. The Labute approximate surface area is 140 Å². The van der Waals surface area contributed by atoms with Crippen LogP contribution in [0.4, 0.5) is 5.69 Å². The van der Waals surface area contributed by atoms with E-state index in [2.05, 4.69) is 5.32 Å². The van der Waals surface area contributed by atoms with E-state index in [1.807, 2.05) is 25.1 Å². The van der Waals surface area contributed by atoms with Gasteiger partial charge in [-0.25, -0.2) is 4.79 Å². The predicted octanol–water partition coefficient (Wildman–Crippen LogP) is 2.89. The van der Waals surface area contributed by atoms with E-state index < -0.39 is 18.0 Å². The maximum absolute atomic E-state index is 12.1. The van der Waals surface area contributed by atoms with E-state index in [9.17, 15) is 14.7 Å². The van der Waals surface area contributed by atoms with Crippen LogP contribution in [-0.2, 0) is 9.53 Å². The number of rotatable bonds is 5. The molecule has 6 heteroatoms. The summed E-state index contributed by atoms with van der Waals surface area (Å²) in [6.45, 7) is 3.37. The average molecular weight is 329 g/mol. The van der Waals surface area contributed by atoms with Gasteiger partial charge in [-0.3, -0.25) is 4.79 Å². The third-order valence-corrected chi connectivity index (χ3v) is 3.36. The normalized spacial score (nSPS) is 11.5. The maximum Gasteiger partial charge on any atom is 0.342 e. The van der Waals surface area contributed by atoms with Gasteiger partial charge in [0.25, 0.3) is 5.91 Å². The highest BCUT2D eigenvalue weighted by Crippen LogP contribution is 2.24. The minimum atomic E-state index is -1.01. The molecule has 0 fully saturated rings. The van der Waals surface area contributed by atoms with Crippen LogP contribution >= 0.6 is 0 Å². The molecule has 24 heavy (non-hydrogen) atoms. The third-order valence-electron chi connectivity index (χ3n) is 3.36. The summed E-state index contributed by atoms with van der Waals surface area (Å²) in [5, 5.41) is 12.5. The molecule has 0 aliphatic carbocycles. The summed E-state index contributed by atoms with van der Waals surface area (Å²) in [6.07, 6.45) is -1.01. The van der Waals surface area contributed by atoms with Gasteiger partial charge in [-0.05, 0) is 43.7 Å². The molecule has 0 aromatic heterocycles. The molecule has 0 unspecified atom stereocenters. The summed E-state index contributed by atoms with van der Waals surface area (Å²) in [5.74, 6) is -1.11. The van der Waals surface area contributed by atoms with Gasteiger partial charge < -0.3 is 19.9 Å². The molecule has 2 aromatic rings. The number of aryl methyl sites for hydroxylation is 1. The molecular formula is C18H19NO5. The number of hydrogen-bond acceptors (Lipinski definition) is 5. The molecule has 0 heterocycles. The Bertz CT molecular complexity index is 757. The number of esters is 1. The number of carbonyl (C=O) groups is 2. The van der Waals surface area contributed by atoms with E-state index in [-0.39, 0.29) is 11.3 Å². The van der Waals surface area contributed by atoms with Gasteiger partial charge in [-0.1, -0.05) is 12.1 Å². The number of phenolic OH excluding ortho intramolecular Hbond substituents is 1. The number of benzene rings is 2. The van der Waals surface area contributed by atoms with Crippen LogP contribution in [0.15, 0.2) is 42.5 Å². The van der Waals surface area contributed by atoms with Crippen molar-refractivity contribution in [3.63, 3.8) is 0 Å². The number of nitrogens with one attached hydrogen (secondary N) is 1. The Morgan fingerprint density at radius 3 is 2.54 bits per heavy atom. The van der Waals surface area contributed by atoms with Crippen LogP contribution < -0.4 is 10.1 Å². The lowest BCUT2D eigenvalue weighted by Gasteiger charge is -2.14. The van der Waals surface area contributed by atoms with Crippen molar-refractivity contribution >= 4 is 17.6 Å². The summed E-state index contributed by atoms with van der Waals surface area (Å²) >= 11 is 0. The molecule has 126 valence electrons. The largest absolute Gasteiger partial charge is 0.507 e. The second-order valence-electron chi connectivity index (χ2n) is 5.29. The molecule has 0 spiro atoms. The van der Waals surface area contributed by atoms with Crippen molar-refractivity contribution in [2.45, 2.75) is 20.0 Å². The fraction of sp³-hybridized carbons (Fsp3) is 0.222. The number of aromatic hydroxyl groups is 1. The number of hydrogen-bond donors (Lipinski definition) is 2. The molecule has 0 radical (unpaired) electrons. The van der Waals surface area contributed by atoms with E-state index >= 15 is 0 Å². The number of methoxy groups -OCH3 is 1. The summed E-state index contributed by atoms with van der Waals surface area (Å²) in [7, 11) is 1.45. The van der Waals surface area contributed by atoms with Crippen LogP contribution in [0, 0.1) is 6.92 Å². The van der Waals surface area contributed by atoms with E-state index in [1.54, 1.807) is 6.07 Å². The summed E-state index contributed by atoms with van der Waals surface area (Å²) < 4.78 is 10.1. The molecule has 0 aliphatic rings. The van der Waals surface area contributed by atoms with Crippen molar-refractivity contribution in [2.75, 3.05) is 12.4 Å². The first kappa shape index (κ1) is 17.3. The first-order valence-corrected chi connectivity index (χ1v) is 7.36. The lowest BCUT2D eigenvalue weighted by molar-refractivity contribution is -0.123. The van der Waals surface area contributed by atoms with Crippen molar-refractivity contribution in [2.24, 2.45) is 0 Å². The van der Waals surface area contributed by atoms with Gasteiger partial charge in [-0.2, -0.15) is 0 Å². The number of anilines is 1. The smallest absolute Gasteiger partial charge is 0.342 e. The molecule has 1 amide bonds. The standard InChI is InChI=1S/C18H19NO5/c1-11-5-4-6-13(9-11)19-17(21)12(2)24-18(22)15-8-7-14(23-3)10-16(15)20/h4-10,12,20H,1-3H3,(H,19,21)/t12-/m0/s1. The van der Waals surface area contributed by atoms with Crippen molar-refractivity contribution in [3.8, 4) is 11.5 Å². The lowest BCUT2D eigenvalue weighted by Crippen LogP contribution is -2.30. The molecule has 0 bridgehead atoms. The van der Waals surface area contributed by atoms with Crippen LogP contribution in [-0.4, -0.2) is 30.2 Å². The predicted molar refractivity (Wildman–Crippen MR) is 89.3 cm³/mol. The Hall–Kier alpha value is -3.02. The molecule has 2 N–H and O–H groups in total. The van der Waals surface area contributed by atoms with E-state index in [0.29, 0.717) is 11.4 Å². The Kier molecular flexibility index (Phi) is 5.42. The van der Waals surface area contributed by atoms with Crippen molar-refractivity contribution < 1.29 is 24.2 Å². The Morgan fingerprint density at radius 1 is 1.17 bits per heavy atom. The van der Waals surface area contributed by atoms with Crippen LogP contribution in [0.1, 0.15) is 22.8 Å². The monoisotopic (exact) mass is 329 g/mol. The summed E-state index contributed by atoms with van der Waals surface area (Å²) in [4.78, 5) is 24.2. The molecule has 1 atom stereocenters. The quantitative estimate of drug-likeness (QED) is 0.824. The zero-order valence-electron chi connectivity index (χ0n) is 13.7. The molecule has 6 nitrogen and oxygen atoms in total. The molecular weight excluding hydrogens is 310 g/mol. The SMILES string of the molecule is COc1ccc(C(=O)O[C@@H](C)C(=O)Nc2cccc(C)c2)c(O)c1. The minimum Gasteiger partial charge on any atom is -0.507 e. The topological polar surface area (TPSA) is 84.9 Å². The van der Waals surface area contributed by atoms with E-state index in [0.717, 1.165) is 5.56 Å². The minimum absolute atomic E-state index is 0.0361. The Balaban J connectivity index is 2.01. The number of amides is 1. The van der Waals surface area contributed by atoms with Gasteiger partial charge in [0, 0.05) is 11.8 Å². The van der Waals surface area contributed by atoms with E-state index in [1.165, 1.54) is 32.2 Å². The van der Waals surface area contributed by atoms with Crippen LogP contribution in [0.2, 0.25) is 0 Å². The first-order valence-electron chi connectivity index (χ1n) is 7.36. The van der Waals surface area contributed by atoms with E-state index in [4.69, 9.17) is 9.47 Å². The highest BCUT2D eigenvalue weighted by molar-refractivity contribution is 5.98. The second kappa shape index (κ2) is 7.50. The van der Waals surface area contributed by atoms with Crippen molar-refractivity contribution in [1.82, 2.24) is 0 Å². The van der Waals surface area contributed by atoms with Crippen LogP contribution in [0.5, 0.6) is 11.5 Å². The van der Waals surface area contributed by atoms with Gasteiger partial charge in [0.05, 0.1) is 7.11 Å². The molecule has 2 aromatic carbocycles. The Morgan fingerprint density at radius 2 is 1.92 bits per heavy atom. The maximum atomic E-state index is 12.1. The zero-order chi connectivity index (χ0) is 17.7. The summed E-state index contributed by atoms with van der Waals surface area (Å²) in [6, 6.07) is 11.5. The van der Waals surface area contributed by atoms with Gasteiger partial charge in [-0.15, -0.1) is 0 Å². The second-order valence-corrected chi connectivity index (χ2v) is 5.29. The molecule has 0 aliphatic heterocycles. The van der Waals surface area contributed by atoms with Crippen molar-refractivity contribution in [3.05, 3.63) is 53.6 Å². The number of carbonyl (C=O) groups excluding carboxylic acids is 2. The zero-order valence-corrected chi connectivity index (χ0v) is 13.7. The third kappa shape index (κ3) is 4.25. The van der Waals surface area contributed by atoms with Gasteiger partial charge in [0.2, 0.25) is 0 Å². The van der Waals surface area contributed by atoms with Crippen LogP contribution in [0.3, 0.4) is 0 Å². The average Bonchev–Trinajstić information content (AvgIpc) is 2.54. The van der Waals surface area contributed by atoms with Crippen molar-refractivity contribution in [1.29, 1.82) is 0 Å². The molecule has 2 rings (SSSR count).